The van der Waals surface area contributed by atoms with Gasteiger partial charge in [0, 0.05) is 19.6 Å². The van der Waals surface area contributed by atoms with Crippen LogP contribution in [0, 0.1) is 11.7 Å². The smallest absolute Gasteiger partial charge is 0.243 e. The molecule has 2 N–H and O–H groups in total. The number of nitrogens with two attached hydrogens (primary N) is 1. The van der Waals surface area contributed by atoms with Crippen LogP contribution in [0.2, 0.25) is 0 Å². The third kappa shape index (κ3) is 3.32. The molecule has 0 bridgehead atoms. The zero-order valence-corrected chi connectivity index (χ0v) is 12.5. The Balaban J connectivity index is 3.31. The number of hydrogen-bond donors (Lipinski definition) is 1. The highest BCUT2D eigenvalue weighted by molar-refractivity contribution is 7.89. The van der Waals surface area contributed by atoms with Crippen molar-refractivity contribution in [2.45, 2.75) is 38.3 Å². The summed E-state index contributed by atoms with van der Waals surface area (Å²) >= 11 is 0. The molecule has 0 saturated carbocycles. The van der Waals surface area contributed by atoms with Crippen LogP contribution in [-0.4, -0.2) is 25.8 Å². The number of sulfonamides is 1. The molecule has 1 aromatic rings. The van der Waals surface area contributed by atoms with Crippen LogP contribution in [0.25, 0.3) is 0 Å². The van der Waals surface area contributed by atoms with Crippen LogP contribution in [0.1, 0.15) is 26.3 Å². The second-order valence-corrected chi connectivity index (χ2v) is 6.93. The minimum atomic E-state index is -3.74. The van der Waals surface area contributed by atoms with Crippen LogP contribution >= 0.6 is 0 Å². The molecule has 0 aliphatic carbocycles. The number of hydrogen-bond acceptors (Lipinski definition) is 3. The van der Waals surface area contributed by atoms with E-state index in [9.17, 15) is 12.8 Å². The van der Waals surface area contributed by atoms with E-state index in [1.165, 1.54) is 23.5 Å². The third-order valence-corrected chi connectivity index (χ3v) is 5.47. The van der Waals surface area contributed by atoms with Gasteiger partial charge in [-0.2, -0.15) is 4.31 Å². The maximum absolute atomic E-state index is 13.3. The Morgan fingerprint density at radius 1 is 1.32 bits per heavy atom. The number of rotatable bonds is 5. The zero-order chi connectivity index (χ0) is 14.8. The fourth-order valence-electron chi connectivity index (χ4n) is 1.73. The molecule has 4 nitrogen and oxygen atoms in total. The van der Waals surface area contributed by atoms with Gasteiger partial charge in [-0.1, -0.05) is 19.9 Å². The summed E-state index contributed by atoms with van der Waals surface area (Å²) in [6.07, 6.45) is 0. The first-order valence-corrected chi connectivity index (χ1v) is 7.62. The van der Waals surface area contributed by atoms with E-state index in [2.05, 4.69) is 0 Å². The lowest BCUT2D eigenvalue weighted by Crippen LogP contribution is -2.38. The van der Waals surface area contributed by atoms with Crippen LogP contribution in [0.4, 0.5) is 4.39 Å². The van der Waals surface area contributed by atoms with Crippen LogP contribution in [0.3, 0.4) is 0 Å². The van der Waals surface area contributed by atoms with Gasteiger partial charge in [0.05, 0.1) is 4.90 Å². The number of benzene rings is 1. The van der Waals surface area contributed by atoms with Crippen LogP contribution in [0.5, 0.6) is 0 Å². The molecule has 0 heterocycles. The first kappa shape index (κ1) is 16.1. The summed E-state index contributed by atoms with van der Waals surface area (Å²) in [5.41, 5.74) is 5.95. The summed E-state index contributed by atoms with van der Waals surface area (Å²) in [5, 5.41) is 0. The molecular weight excluding hydrogens is 267 g/mol. The van der Waals surface area contributed by atoms with Crippen molar-refractivity contribution in [3.05, 3.63) is 29.6 Å². The van der Waals surface area contributed by atoms with E-state index in [0.717, 1.165) is 6.07 Å². The van der Waals surface area contributed by atoms with Crippen molar-refractivity contribution in [3.8, 4) is 0 Å². The van der Waals surface area contributed by atoms with Crippen LogP contribution < -0.4 is 5.73 Å². The fraction of sp³-hybridized carbons (Fsp3) is 0.538. The van der Waals surface area contributed by atoms with Gasteiger partial charge in [0.15, 0.2) is 0 Å². The topological polar surface area (TPSA) is 63.4 Å². The first-order valence-electron chi connectivity index (χ1n) is 6.18. The predicted molar refractivity (Wildman–Crippen MR) is 73.5 cm³/mol. The summed E-state index contributed by atoms with van der Waals surface area (Å²) in [6.45, 7) is 5.75. The molecule has 6 heteroatoms. The van der Waals surface area contributed by atoms with Gasteiger partial charge in [0.25, 0.3) is 0 Å². The summed E-state index contributed by atoms with van der Waals surface area (Å²) in [5.74, 6) is -0.420. The lowest BCUT2D eigenvalue weighted by Gasteiger charge is -2.28. The van der Waals surface area contributed by atoms with E-state index in [1.807, 2.05) is 20.8 Å². The minimum Gasteiger partial charge on any atom is -0.326 e. The average Bonchev–Trinajstić information content (AvgIpc) is 2.36. The van der Waals surface area contributed by atoms with Gasteiger partial charge in [-0.3, -0.25) is 0 Å². The van der Waals surface area contributed by atoms with E-state index >= 15 is 0 Å². The van der Waals surface area contributed by atoms with E-state index in [4.69, 9.17) is 5.73 Å². The second kappa shape index (κ2) is 5.98. The maximum atomic E-state index is 13.3. The van der Waals surface area contributed by atoms with Crippen molar-refractivity contribution in [2.24, 2.45) is 11.7 Å². The van der Waals surface area contributed by atoms with E-state index in [-0.39, 0.29) is 23.4 Å². The average molecular weight is 288 g/mol. The molecule has 1 rings (SSSR count). The molecule has 19 heavy (non-hydrogen) atoms. The highest BCUT2D eigenvalue weighted by Gasteiger charge is 2.29. The van der Waals surface area contributed by atoms with E-state index < -0.39 is 15.8 Å². The Bertz CT molecular complexity index is 544. The maximum Gasteiger partial charge on any atom is 0.243 e. The van der Waals surface area contributed by atoms with Gasteiger partial charge in [0.2, 0.25) is 10.0 Å². The van der Waals surface area contributed by atoms with Crippen molar-refractivity contribution in [3.63, 3.8) is 0 Å². The first-order chi connectivity index (χ1) is 8.71. The molecular formula is C13H21FN2O2S. The van der Waals surface area contributed by atoms with Crippen molar-refractivity contribution < 1.29 is 12.8 Å². The highest BCUT2D eigenvalue weighted by Crippen LogP contribution is 2.23. The standard InChI is InChI=1S/C13H21FN2O2S/c1-9(2)10(3)16(4)19(17,18)13-7-12(14)6-5-11(13)8-15/h5-7,9-10H,8,15H2,1-4H3. The molecule has 1 atom stereocenters. The third-order valence-electron chi connectivity index (χ3n) is 3.44. The minimum absolute atomic E-state index is 0.0509. The van der Waals surface area contributed by atoms with Gasteiger partial charge in [-0.05, 0) is 30.5 Å². The summed E-state index contributed by atoms with van der Waals surface area (Å²) in [7, 11) is -2.23. The largest absolute Gasteiger partial charge is 0.326 e. The fourth-order valence-corrected chi connectivity index (χ4v) is 3.47. The highest BCUT2D eigenvalue weighted by atomic mass is 32.2. The Labute approximate surface area is 114 Å². The normalized spacial score (nSPS) is 14.1. The molecule has 0 aliphatic heterocycles. The summed E-state index contributed by atoms with van der Waals surface area (Å²) in [6, 6.07) is 3.48. The summed E-state index contributed by atoms with van der Waals surface area (Å²) < 4.78 is 39.6. The molecule has 1 aromatic carbocycles. The Morgan fingerprint density at radius 3 is 2.37 bits per heavy atom. The Hall–Kier alpha value is -0.980. The predicted octanol–water partition coefficient (Wildman–Crippen LogP) is 1.95. The quantitative estimate of drug-likeness (QED) is 0.900. The Morgan fingerprint density at radius 2 is 1.89 bits per heavy atom. The lowest BCUT2D eigenvalue weighted by molar-refractivity contribution is 0.315. The number of halogens is 1. The summed E-state index contributed by atoms with van der Waals surface area (Å²) in [4.78, 5) is -0.0509. The molecule has 0 amide bonds. The van der Waals surface area contributed by atoms with Crippen molar-refractivity contribution >= 4 is 10.0 Å². The van der Waals surface area contributed by atoms with Crippen molar-refractivity contribution in [1.29, 1.82) is 0 Å². The molecule has 0 saturated heterocycles. The van der Waals surface area contributed by atoms with E-state index in [0.29, 0.717) is 5.56 Å². The van der Waals surface area contributed by atoms with Crippen molar-refractivity contribution in [1.82, 2.24) is 4.31 Å². The van der Waals surface area contributed by atoms with Gasteiger partial charge in [0.1, 0.15) is 5.82 Å². The Kier molecular flexibility index (Phi) is 5.06. The second-order valence-electron chi connectivity index (χ2n) is 4.96. The molecule has 0 radical (unpaired) electrons. The molecule has 0 aromatic heterocycles. The monoisotopic (exact) mass is 288 g/mol. The van der Waals surface area contributed by atoms with Gasteiger partial charge in [-0.25, -0.2) is 12.8 Å². The lowest BCUT2D eigenvalue weighted by atomic mass is 10.1. The molecule has 0 aliphatic rings. The molecule has 0 fully saturated rings. The molecule has 0 spiro atoms. The van der Waals surface area contributed by atoms with Gasteiger partial charge < -0.3 is 5.73 Å². The van der Waals surface area contributed by atoms with Crippen LogP contribution in [0.15, 0.2) is 23.1 Å². The van der Waals surface area contributed by atoms with Crippen LogP contribution in [-0.2, 0) is 16.6 Å². The van der Waals surface area contributed by atoms with Crippen molar-refractivity contribution in [2.75, 3.05) is 7.05 Å². The molecule has 108 valence electrons. The molecule has 1 unspecified atom stereocenters. The zero-order valence-electron chi connectivity index (χ0n) is 11.7. The van der Waals surface area contributed by atoms with Gasteiger partial charge in [-0.15, -0.1) is 0 Å². The number of nitrogens with zero attached hydrogens (tertiary/aromatic N) is 1. The SMILES string of the molecule is CC(C)C(C)N(C)S(=O)(=O)c1cc(F)ccc1CN. The van der Waals surface area contributed by atoms with E-state index in [1.54, 1.807) is 0 Å². The van der Waals surface area contributed by atoms with Gasteiger partial charge >= 0.3 is 0 Å².